The first-order valence-corrected chi connectivity index (χ1v) is 7.94. The molecule has 5 nitrogen and oxygen atoms in total. The normalized spacial score (nSPS) is 12.0. The lowest BCUT2D eigenvalue weighted by Gasteiger charge is -2.12. The molecule has 3 aromatic rings. The molecule has 0 amide bonds. The number of hydrogen-bond acceptors (Lipinski definition) is 5. The topological polar surface area (TPSA) is 65.7 Å². The Balaban J connectivity index is 1.97. The third-order valence-electron chi connectivity index (χ3n) is 3.71. The van der Waals surface area contributed by atoms with E-state index in [0.29, 0.717) is 21.9 Å². The van der Waals surface area contributed by atoms with E-state index in [1.807, 2.05) is 0 Å². The van der Waals surface area contributed by atoms with Crippen LogP contribution in [0.3, 0.4) is 0 Å². The number of rotatable bonds is 4. The van der Waals surface area contributed by atoms with Crippen molar-refractivity contribution in [3.05, 3.63) is 64.0 Å². The number of fused-ring (bicyclic) bond motifs is 1. The number of esters is 1. The van der Waals surface area contributed by atoms with Crippen LogP contribution in [0.4, 0.5) is 0 Å². The molecule has 128 valence electrons. The van der Waals surface area contributed by atoms with Gasteiger partial charge in [-0.25, -0.2) is 9.59 Å². The molecular weight excluding hydrogens is 344 g/mol. The Morgan fingerprint density at radius 3 is 2.52 bits per heavy atom. The summed E-state index contributed by atoms with van der Waals surface area (Å²) in [4.78, 5) is 23.7. The molecule has 1 aromatic heterocycles. The Hall–Kier alpha value is -2.79. The molecule has 0 bridgehead atoms. The number of benzene rings is 2. The summed E-state index contributed by atoms with van der Waals surface area (Å²) in [6.07, 6.45) is -0.762. The Kier molecular flexibility index (Phi) is 4.76. The van der Waals surface area contributed by atoms with Crippen molar-refractivity contribution in [3.63, 3.8) is 0 Å². The van der Waals surface area contributed by atoms with Crippen LogP contribution in [0.2, 0.25) is 5.02 Å². The van der Waals surface area contributed by atoms with Crippen molar-refractivity contribution in [3.8, 4) is 16.9 Å². The van der Waals surface area contributed by atoms with Gasteiger partial charge in [-0.2, -0.15) is 0 Å². The summed E-state index contributed by atoms with van der Waals surface area (Å²) in [5, 5.41) is 1.33. The largest absolute Gasteiger partial charge is 0.479 e. The van der Waals surface area contributed by atoms with Gasteiger partial charge in [-0.3, -0.25) is 0 Å². The minimum Gasteiger partial charge on any atom is -0.479 e. The zero-order valence-corrected chi connectivity index (χ0v) is 14.4. The summed E-state index contributed by atoms with van der Waals surface area (Å²) >= 11 is 5.88. The van der Waals surface area contributed by atoms with E-state index in [1.54, 1.807) is 55.5 Å². The summed E-state index contributed by atoms with van der Waals surface area (Å²) < 4.78 is 15.5. The molecule has 1 unspecified atom stereocenters. The summed E-state index contributed by atoms with van der Waals surface area (Å²) in [7, 11) is 1.29. The summed E-state index contributed by atoms with van der Waals surface area (Å²) in [5.41, 5.74) is 1.07. The molecule has 0 N–H and O–H groups in total. The van der Waals surface area contributed by atoms with Crippen LogP contribution >= 0.6 is 11.6 Å². The maximum absolute atomic E-state index is 12.3. The monoisotopic (exact) mass is 358 g/mol. The van der Waals surface area contributed by atoms with Crippen LogP contribution < -0.4 is 10.4 Å². The second-order valence-electron chi connectivity index (χ2n) is 5.44. The molecule has 0 aliphatic carbocycles. The Morgan fingerprint density at radius 1 is 1.12 bits per heavy atom. The van der Waals surface area contributed by atoms with Crippen molar-refractivity contribution in [2.45, 2.75) is 13.0 Å². The lowest BCUT2D eigenvalue weighted by molar-refractivity contribution is -0.147. The quantitative estimate of drug-likeness (QED) is 0.520. The first-order chi connectivity index (χ1) is 12.0. The van der Waals surface area contributed by atoms with Crippen LogP contribution in [0.1, 0.15) is 6.92 Å². The van der Waals surface area contributed by atoms with Gasteiger partial charge in [-0.05, 0) is 42.8 Å². The van der Waals surface area contributed by atoms with E-state index in [0.717, 1.165) is 10.9 Å². The highest BCUT2D eigenvalue weighted by Crippen LogP contribution is 2.25. The summed E-state index contributed by atoms with van der Waals surface area (Å²) in [5.74, 6) is -0.0765. The SMILES string of the molecule is COC(=O)C(C)Oc1ccc2cc(-c3ccc(Cl)cc3)c(=O)oc2c1. The van der Waals surface area contributed by atoms with Crippen molar-refractivity contribution in [1.29, 1.82) is 0 Å². The highest BCUT2D eigenvalue weighted by Gasteiger charge is 2.15. The minimum absolute atomic E-state index is 0.372. The molecule has 1 heterocycles. The molecule has 6 heteroatoms. The van der Waals surface area contributed by atoms with Gasteiger partial charge >= 0.3 is 11.6 Å². The smallest absolute Gasteiger partial charge is 0.346 e. The van der Waals surface area contributed by atoms with Crippen LogP contribution in [0, 0.1) is 0 Å². The van der Waals surface area contributed by atoms with Gasteiger partial charge in [-0.15, -0.1) is 0 Å². The van der Waals surface area contributed by atoms with Gasteiger partial charge in [0.05, 0.1) is 12.7 Å². The van der Waals surface area contributed by atoms with Gasteiger partial charge in [0.2, 0.25) is 0 Å². The summed E-state index contributed by atoms with van der Waals surface area (Å²) in [6, 6.07) is 13.7. The zero-order chi connectivity index (χ0) is 18.0. The van der Waals surface area contributed by atoms with E-state index < -0.39 is 17.7 Å². The van der Waals surface area contributed by atoms with Gasteiger partial charge in [0.15, 0.2) is 6.10 Å². The third kappa shape index (κ3) is 3.67. The molecule has 0 saturated carbocycles. The average molecular weight is 359 g/mol. The zero-order valence-electron chi connectivity index (χ0n) is 13.6. The van der Waals surface area contributed by atoms with E-state index in [9.17, 15) is 9.59 Å². The molecule has 3 rings (SSSR count). The highest BCUT2D eigenvalue weighted by molar-refractivity contribution is 6.30. The van der Waals surface area contributed by atoms with Gasteiger partial charge in [0.25, 0.3) is 0 Å². The Labute approximate surface area is 148 Å². The lowest BCUT2D eigenvalue weighted by Crippen LogP contribution is -2.24. The maximum Gasteiger partial charge on any atom is 0.346 e. The maximum atomic E-state index is 12.3. The van der Waals surface area contributed by atoms with E-state index in [2.05, 4.69) is 4.74 Å². The number of methoxy groups -OCH3 is 1. The Bertz CT molecular complexity index is 975. The van der Waals surface area contributed by atoms with E-state index in [-0.39, 0.29) is 0 Å². The Morgan fingerprint density at radius 2 is 1.84 bits per heavy atom. The van der Waals surface area contributed by atoms with Gasteiger partial charge < -0.3 is 13.9 Å². The second-order valence-corrected chi connectivity index (χ2v) is 5.87. The van der Waals surface area contributed by atoms with Crippen LogP contribution in [0.15, 0.2) is 57.7 Å². The van der Waals surface area contributed by atoms with Crippen molar-refractivity contribution in [2.24, 2.45) is 0 Å². The fourth-order valence-electron chi connectivity index (χ4n) is 2.41. The van der Waals surface area contributed by atoms with Gasteiger partial charge in [0, 0.05) is 16.5 Å². The summed E-state index contributed by atoms with van der Waals surface area (Å²) in [6.45, 7) is 1.58. The fourth-order valence-corrected chi connectivity index (χ4v) is 2.54. The van der Waals surface area contributed by atoms with Crippen LogP contribution in [-0.2, 0) is 9.53 Å². The van der Waals surface area contributed by atoms with E-state index >= 15 is 0 Å². The van der Waals surface area contributed by atoms with Crippen molar-refractivity contribution < 1.29 is 18.7 Å². The number of carbonyl (C=O) groups excluding carboxylic acids is 1. The molecule has 0 aliphatic heterocycles. The minimum atomic E-state index is -0.762. The predicted molar refractivity (Wildman–Crippen MR) is 95.0 cm³/mol. The van der Waals surface area contributed by atoms with E-state index in [1.165, 1.54) is 7.11 Å². The predicted octanol–water partition coefficient (Wildman–Crippen LogP) is 4.05. The molecule has 0 aliphatic rings. The van der Waals surface area contributed by atoms with Crippen molar-refractivity contribution in [1.82, 2.24) is 0 Å². The number of ether oxygens (including phenoxy) is 2. The second kappa shape index (κ2) is 6.99. The number of hydrogen-bond donors (Lipinski definition) is 0. The molecule has 2 aromatic carbocycles. The van der Waals surface area contributed by atoms with Gasteiger partial charge in [-0.1, -0.05) is 23.7 Å². The van der Waals surface area contributed by atoms with Crippen LogP contribution in [0.5, 0.6) is 5.75 Å². The van der Waals surface area contributed by atoms with E-state index in [4.69, 9.17) is 20.8 Å². The number of halogens is 1. The molecular formula is C19H15ClO5. The molecule has 0 spiro atoms. The first-order valence-electron chi connectivity index (χ1n) is 7.56. The first kappa shape index (κ1) is 17.0. The highest BCUT2D eigenvalue weighted by atomic mass is 35.5. The number of carbonyl (C=O) groups is 1. The molecule has 0 radical (unpaired) electrons. The molecule has 25 heavy (non-hydrogen) atoms. The fraction of sp³-hybridized carbons (Fsp3) is 0.158. The standard InChI is InChI=1S/C19H15ClO5/c1-11(18(21)23-2)24-15-8-5-13-9-16(19(22)25-17(13)10-15)12-3-6-14(20)7-4-12/h3-11H,1-2H3. The molecule has 0 saturated heterocycles. The van der Waals surface area contributed by atoms with Crippen LogP contribution in [-0.4, -0.2) is 19.2 Å². The van der Waals surface area contributed by atoms with Crippen LogP contribution in [0.25, 0.3) is 22.1 Å². The van der Waals surface area contributed by atoms with Crippen molar-refractivity contribution >= 4 is 28.5 Å². The lowest BCUT2D eigenvalue weighted by atomic mass is 10.1. The van der Waals surface area contributed by atoms with Gasteiger partial charge in [0.1, 0.15) is 11.3 Å². The molecule has 1 atom stereocenters. The third-order valence-corrected chi connectivity index (χ3v) is 3.96. The molecule has 0 fully saturated rings. The van der Waals surface area contributed by atoms with Crippen molar-refractivity contribution in [2.75, 3.05) is 7.11 Å². The average Bonchev–Trinajstić information content (AvgIpc) is 2.61.